The van der Waals surface area contributed by atoms with Crippen molar-refractivity contribution < 1.29 is 17.9 Å². The highest BCUT2D eigenvalue weighted by Crippen LogP contribution is 2.19. The molecule has 3 rings (SSSR count). The van der Waals surface area contributed by atoms with E-state index in [9.17, 15) is 13.2 Å². The van der Waals surface area contributed by atoms with Gasteiger partial charge in [0.1, 0.15) is 16.6 Å². The number of nitrogens with one attached hydrogen (secondary N) is 1. The van der Waals surface area contributed by atoms with E-state index in [0.717, 1.165) is 26.9 Å². The Hall–Kier alpha value is -2.75. The van der Waals surface area contributed by atoms with E-state index in [1.165, 1.54) is 13.1 Å². The molecule has 0 aliphatic rings. The molecule has 1 N–H and O–H groups in total. The van der Waals surface area contributed by atoms with Crippen LogP contribution in [-0.4, -0.2) is 37.2 Å². The van der Waals surface area contributed by atoms with Gasteiger partial charge in [-0.2, -0.15) is 4.31 Å². The SMILES string of the molecule is CN(CC(=O)NCc1ccc(OCc2ccccn2)cc1)S(=O)(=O)c1cccs1. The van der Waals surface area contributed by atoms with Crippen LogP contribution in [0.1, 0.15) is 11.3 Å². The average Bonchev–Trinajstić information content (AvgIpc) is 3.28. The number of likely N-dealkylation sites (N-methyl/N-ethyl adjacent to an activating group) is 1. The summed E-state index contributed by atoms with van der Waals surface area (Å²) in [7, 11) is -2.25. The third kappa shape index (κ3) is 5.86. The van der Waals surface area contributed by atoms with E-state index in [1.54, 1.807) is 17.6 Å². The number of carbonyl (C=O) groups excluding carboxylic acids is 1. The molecule has 0 aliphatic heterocycles. The molecule has 7 nitrogen and oxygen atoms in total. The van der Waals surface area contributed by atoms with Crippen molar-refractivity contribution in [2.45, 2.75) is 17.4 Å². The minimum absolute atomic E-state index is 0.217. The maximum Gasteiger partial charge on any atom is 0.252 e. The highest BCUT2D eigenvalue weighted by Gasteiger charge is 2.23. The van der Waals surface area contributed by atoms with E-state index < -0.39 is 10.0 Å². The highest BCUT2D eigenvalue weighted by molar-refractivity contribution is 7.91. The predicted molar refractivity (Wildman–Crippen MR) is 111 cm³/mol. The van der Waals surface area contributed by atoms with Gasteiger partial charge in [-0.25, -0.2) is 8.42 Å². The Labute approximate surface area is 174 Å². The van der Waals surface area contributed by atoms with Crippen LogP contribution in [0, 0.1) is 0 Å². The fourth-order valence-electron chi connectivity index (χ4n) is 2.45. The summed E-state index contributed by atoms with van der Waals surface area (Å²) in [5.74, 6) is 0.329. The van der Waals surface area contributed by atoms with Gasteiger partial charge in [-0.3, -0.25) is 9.78 Å². The number of benzene rings is 1. The molecule has 2 heterocycles. The minimum atomic E-state index is -3.64. The molecular weight excluding hydrogens is 410 g/mol. The lowest BCUT2D eigenvalue weighted by atomic mass is 10.2. The Morgan fingerprint density at radius 3 is 2.59 bits per heavy atom. The summed E-state index contributed by atoms with van der Waals surface area (Å²) >= 11 is 1.12. The standard InChI is InChI=1S/C20H21N3O4S2/c1-23(29(25,26)20-6-4-12-28-20)14-19(24)22-13-16-7-9-18(10-8-16)27-15-17-5-2-3-11-21-17/h2-12H,13-15H2,1H3,(H,22,24). The van der Waals surface area contributed by atoms with Crippen LogP contribution in [0.3, 0.4) is 0 Å². The first-order valence-corrected chi connectivity index (χ1v) is 11.2. The van der Waals surface area contributed by atoms with Crippen molar-refractivity contribution in [1.82, 2.24) is 14.6 Å². The number of amides is 1. The average molecular weight is 432 g/mol. The molecular formula is C20H21N3O4S2. The van der Waals surface area contributed by atoms with Crippen molar-refractivity contribution in [3.8, 4) is 5.75 Å². The molecule has 3 aromatic rings. The summed E-state index contributed by atoms with van der Waals surface area (Å²) in [6.07, 6.45) is 1.72. The lowest BCUT2D eigenvalue weighted by Crippen LogP contribution is -2.37. The molecule has 152 valence electrons. The fourth-order valence-corrected chi connectivity index (χ4v) is 4.78. The summed E-state index contributed by atoms with van der Waals surface area (Å²) in [6, 6.07) is 16.2. The predicted octanol–water partition coefficient (Wildman–Crippen LogP) is 2.66. The molecule has 0 atom stereocenters. The quantitative estimate of drug-likeness (QED) is 0.563. The number of hydrogen-bond acceptors (Lipinski definition) is 6. The molecule has 0 spiro atoms. The second-order valence-electron chi connectivity index (χ2n) is 6.22. The molecule has 0 fully saturated rings. The molecule has 0 unspecified atom stereocenters. The van der Waals surface area contributed by atoms with E-state index in [1.807, 2.05) is 42.5 Å². The highest BCUT2D eigenvalue weighted by atomic mass is 32.2. The molecule has 2 aromatic heterocycles. The van der Waals surface area contributed by atoms with Gasteiger partial charge in [0.15, 0.2) is 0 Å². The third-order valence-corrected chi connectivity index (χ3v) is 7.23. The van der Waals surface area contributed by atoms with Crippen LogP contribution in [0.5, 0.6) is 5.75 Å². The van der Waals surface area contributed by atoms with Gasteiger partial charge in [0, 0.05) is 19.8 Å². The number of carbonyl (C=O) groups is 1. The van der Waals surface area contributed by atoms with Gasteiger partial charge in [-0.05, 0) is 41.3 Å². The van der Waals surface area contributed by atoms with Gasteiger partial charge in [-0.1, -0.05) is 24.3 Å². The normalized spacial score (nSPS) is 11.4. The van der Waals surface area contributed by atoms with Crippen molar-refractivity contribution >= 4 is 27.3 Å². The summed E-state index contributed by atoms with van der Waals surface area (Å²) < 4.78 is 31.6. The van der Waals surface area contributed by atoms with Crippen LogP contribution in [0.25, 0.3) is 0 Å². The number of thiophene rings is 1. The van der Waals surface area contributed by atoms with Crippen LogP contribution < -0.4 is 10.1 Å². The summed E-state index contributed by atoms with van der Waals surface area (Å²) in [5, 5.41) is 4.42. The smallest absolute Gasteiger partial charge is 0.252 e. The maximum absolute atomic E-state index is 12.3. The van der Waals surface area contributed by atoms with Crippen LogP contribution in [0.15, 0.2) is 70.4 Å². The van der Waals surface area contributed by atoms with Crippen LogP contribution in [0.4, 0.5) is 0 Å². The molecule has 1 amide bonds. The maximum atomic E-state index is 12.3. The van der Waals surface area contributed by atoms with E-state index >= 15 is 0 Å². The number of hydrogen-bond donors (Lipinski definition) is 1. The van der Waals surface area contributed by atoms with Gasteiger partial charge in [0.05, 0.1) is 12.2 Å². The molecule has 0 bridgehead atoms. The topological polar surface area (TPSA) is 88.6 Å². The zero-order valence-electron chi connectivity index (χ0n) is 15.8. The summed E-state index contributed by atoms with van der Waals surface area (Å²) in [4.78, 5) is 16.3. The van der Waals surface area contributed by atoms with Crippen molar-refractivity contribution in [2.75, 3.05) is 13.6 Å². The van der Waals surface area contributed by atoms with E-state index in [4.69, 9.17) is 4.74 Å². The van der Waals surface area contributed by atoms with Crippen LogP contribution in [-0.2, 0) is 28.0 Å². The first kappa shape index (κ1) is 21.0. The van der Waals surface area contributed by atoms with Crippen molar-refractivity contribution in [1.29, 1.82) is 0 Å². The monoisotopic (exact) mass is 431 g/mol. The number of pyridine rings is 1. The number of aromatic nitrogens is 1. The largest absolute Gasteiger partial charge is 0.487 e. The Balaban J connectivity index is 1.46. The number of rotatable bonds is 9. The first-order chi connectivity index (χ1) is 13.9. The lowest BCUT2D eigenvalue weighted by Gasteiger charge is -2.15. The second kappa shape index (κ2) is 9.64. The molecule has 0 radical (unpaired) electrons. The zero-order chi connectivity index (χ0) is 20.7. The van der Waals surface area contributed by atoms with Gasteiger partial charge in [-0.15, -0.1) is 11.3 Å². The second-order valence-corrected chi connectivity index (χ2v) is 9.44. The van der Waals surface area contributed by atoms with Crippen molar-refractivity contribution in [3.63, 3.8) is 0 Å². The van der Waals surface area contributed by atoms with Crippen molar-refractivity contribution in [3.05, 3.63) is 77.4 Å². The Morgan fingerprint density at radius 2 is 1.93 bits per heavy atom. The molecule has 1 aromatic carbocycles. The van der Waals surface area contributed by atoms with E-state index in [2.05, 4.69) is 10.3 Å². The summed E-state index contributed by atoms with van der Waals surface area (Å²) in [5.41, 5.74) is 1.72. The first-order valence-electron chi connectivity index (χ1n) is 8.83. The molecule has 0 saturated heterocycles. The van der Waals surface area contributed by atoms with Gasteiger partial charge < -0.3 is 10.1 Å². The Kier molecular flexibility index (Phi) is 6.97. The molecule has 0 aliphatic carbocycles. The Morgan fingerprint density at radius 1 is 1.14 bits per heavy atom. The van der Waals surface area contributed by atoms with Crippen molar-refractivity contribution in [2.24, 2.45) is 0 Å². The van der Waals surface area contributed by atoms with E-state index in [0.29, 0.717) is 18.9 Å². The minimum Gasteiger partial charge on any atom is -0.487 e. The van der Waals surface area contributed by atoms with Gasteiger partial charge >= 0.3 is 0 Å². The van der Waals surface area contributed by atoms with E-state index in [-0.39, 0.29) is 16.7 Å². The lowest BCUT2D eigenvalue weighted by molar-refractivity contribution is -0.121. The molecule has 9 heteroatoms. The third-order valence-electron chi connectivity index (χ3n) is 4.05. The Bertz CT molecular complexity index is 1020. The number of sulfonamides is 1. The van der Waals surface area contributed by atoms with Gasteiger partial charge in [0.25, 0.3) is 10.0 Å². The fraction of sp³-hybridized carbons (Fsp3) is 0.200. The van der Waals surface area contributed by atoms with Crippen LogP contribution in [0.2, 0.25) is 0 Å². The summed E-state index contributed by atoms with van der Waals surface area (Å²) in [6.45, 7) is 0.430. The molecule has 29 heavy (non-hydrogen) atoms. The zero-order valence-corrected chi connectivity index (χ0v) is 17.4. The van der Waals surface area contributed by atoms with Crippen LogP contribution >= 0.6 is 11.3 Å². The van der Waals surface area contributed by atoms with Gasteiger partial charge in [0.2, 0.25) is 5.91 Å². The number of nitrogens with zero attached hydrogens (tertiary/aromatic N) is 2. The molecule has 0 saturated carbocycles. The number of ether oxygens (including phenoxy) is 1.